The summed E-state index contributed by atoms with van der Waals surface area (Å²) in [5.41, 5.74) is -0.167. The van der Waals surface area contributed by atoms with Crippen molar-refractivity contribution in [3.63, 3.8) is 0 Å². The van der Waals surface area contributed by atoms with Gasteiger partial charge in [0.2, 0.25) is 0 Å². The van der Waals surface area contributed by atoms with Crippen LogP contribution in [0.4, 0.5) is 4.79 Å². The van der Waals surface area contributed by atoms with Crippen molar-refractivity contribution >= 4 is 17.6 Å². The molecule has 0 heterocycles. The molecule has 0 atom stereocenters. The summed E-state index contributed by atoms with van der Waals surface area (Å²) in [6, 6.07) is 0. The lowest BCUT2D eigenvalue weighted by Crippen LogP contribution is -2.29. The van der Waals surface area contributed by atoms with E-state index in [0.29, 0.717) is 25.0 Å². The molecular formula is C13H22N2O3. The maximum atomic E-state index is 11.2. The molecule has 2 N–H and O–H groups in total. The number of alkyl carbamates (subject to hydrolysis) is 1. The molecule has 0 aliphatic heterocycles. The first-order valence-corrected chi connectivity index (χ1v) is 5.93. The highest BCUT2D eigenvalue weighted by molar-refractivity contribution is 5.92. The standard InChI is InChI=1S/C13H22N2O3/c1-10(16)6-5-7-11(14)8-9-15-12(17)18-13(2,3)4/h8-9,14H,5-7H2,1-4H3,(H,15,17)/b9-8-,14-11?. The van der Waals surface area contributed by atoms with Crippen LogP contribution in [0.15, 0.2) is 12.3 Å². The zero-order valence-corrected chi connectivity index (χ0v) is 11.5. The summed E-state index contributed by atoms with van der Waals surface area (Å²) in [4.78, 5) is 21.9. The van der Waals surface area contributed by atoms with Gasteiger partial charge in [-0.25, -0.2) is 4.79 Å². The third kappa shape index (κ3) is 10.9. The molecule has 0 fully saturated rings. The van der Waals surface area contributed by atoms with Crippen molar-refractivity contribution in [1.29, 1.82) is 5.41 Å². The molecule has 5 heteroatoms. The van der Waals surface area contributed by atoms with Crippen molar-refractivity contribution in [2.24, 2.45) is 0 Å². The number of carbonyl (C=O) groups is 2. The molecular weight excluding hydrogens is 232 g/mol. The van der Waals surface area contributed by atoms with Gasteiger partial charge in [-0.2, -0.15) is 0 Å². The van der Waals surface area contributed by atoms with Gasteiger partial charge in [-0.1, -0.05) is 0 Å². The Labute approximate surface area is 108 Å². The van der Waals surface area contributed by atoms with E-state index in [9.17, 15) is 9.59 Å². The fourth-order valence-electron chi connectivity index (χ4n) is 1.13. The van der Waals surface area contributed by atoms with Crippen molar-refractivity contribution in [3.8, 4) is 0 Å². The van der Waals surface area contributed by atoms with Gasteiger partial charge in [0.15, 0.2) is 0 Å². The van der Waals surface area contributed by atoms with E-state index >= 15 is 0 Å². The Kier molecular flexibility index (Phi) is 6.93. The first kappa shape index (κ1) is 16.4. The van der Waals surface area contributed by atoms with Crippen molar-refractivity contribution in [1.82, 2.24) is 5.32 Å². The molecule has 0 radical (unpaired) electrons. The minimum absolute atomic E-state index is 0.124. The highest BCUT2D eigenvalue weighted by Gasteiger charge is 2.14. The van der Waals surface area contributed by atoms with Crippen LogP contribution in [0.5, 0.6) is 0 Å². The molecule has 0 aliphatic rings. The van der Waals surface area contributed by atoms with Gasteiger partial charge in [-0.15, -0.1) is 0 Å². The summed E-state index contributed by atoms with van der Waals surface area (Å²) in [7, 11) is 0. The fourth-order valence-corrected chi connectivity index (χ4v) is 1.13. The number of allylic oxidation sites excluding steroid dienone is 1. The van der Waals surface area contributed by atoms with Crippen LogP contribution in [0.1, 0.15) is 47.0 Å². The lowest BCUT2D eigenvalue weighted by Gasteiger charge is -2.18. The van der Waals surface area contributed by atoms with Crippen LogP contribution in [-0.2, 0) is 9.53 Å². The number of carbonyl (C=O) groups excluding carboxylic acids is 2. The number of hydrogen-bond donors (Lipinski definition) is 2. The largest absolute Gasteiger partial charge is 0.444 e. The van der Waals surface area contributed by atoms with Gasteiger partial charge in [-0.05, 0) is 46.6 Å². The van der Waals surface area contributed by atoms with E-state index in [1.54, 1.807) is 20.8 Å². The van der Waals surface area contributed by atoms with Crippen LogP contribution in [0.3, 0.4) is 0 Å². The molecule has 0 aromatic rings. The van der Waals surface area contributed by atoms with Gasteiger partial charge >= 0.3 is 6.09 Å². The second-order valence-corrected chi connectivity index (χ2v) is 5.06. The van der Waals surface area contributed by atoms with Crippen LogP contribution in [-0.4, -0.2) is 23.2 Å². The Hall–Kier alpha value is -1.65. The van der Waals surface area contributed by atoms with Crippen molar-refractivity contribution in [2.45, 2.75) is 52.6 Å². The summed E-state index contributed by atoms with van der Waals surface area (Å²) in [6.45, 7) is 6.86. The van der Waals surface area contributed by atoms with E-state index in [-0.39, 0.29) is 5.78 Å². The average Bonchev–Trinajstić information content (AvgIpc) is 2.13. The van der Waals surface area contributed by atoms with Gasteiger partial charge in [0.05, 0.1) is 0 Å². The SMILES string of the molecule is CC(=O)CCCC(=N)/C=C\NC(=O)OC(C)(C)C. The van der Waals surface area contributed by atoms with Gasteiger partial charge < -0.3 is 14.9 Å². The van der Waals surface area contributed by atoms with Crippen molar-refractivity contribution in [3.05, 3.63) is 12.3 Å². The third-order valence-corrected chi connectivity index (χ3v) is 1.86. The van der Waals surface area contributed by atoms with Crippen LogP contribution < -0.4 is 5.32 Å². The van der Waals surface area contributed by atoms with Crippen molar-refractivity contribution in [2.75, 3.05) is 0 Å². The fraction of sp³-hybridized carbons (Fsp3) is 0.615. The Bertz CT molecular complexity index is 341. The zero-order chi connectivity index (χ0) is 14.2. The number of rotatable bonds is 6. The van der Waals surface area contributed by atoms with Gasteiger partial charge in [0.25, 0.3) is 0 Å². The molecule has 1 amide bonds. The smallest absolute Gasteiger partial charge is 0.411 e. The van der Waals surface area contributed by atoms with Gasteiger partial charge in [0, 0.05) is 18.3 Å². The Morgan fingerprint density at radius 3 is 2.39 bits per heavy atom. The zero-order valence-electron chi connectivity index (χ0n) is 11.5. The van der Waals surface area contributed by atoms with E-state index in [4.69, 9.17) is 10.1 Å². The molecule has 18 heavy (non-hydrogen) atoms. The van der Waals surface area contributed by atoms with Gasteiger partial charge in [0.1, 0.15) is 11.4 Å². The molecule has 0 spiro atoms. The predicted octanol–water partition coefficient (Wildman–Crippen LogP) is 2.80. The second-order valence-electron chi connectivity index (χ2n) is 5.06. The van der Waals surface area contributed by atoms with Crippen LogP contribution >= 0.6 is 0 Å². The molecule has 0 unspecified atom stereocenters. The van der Waals surface area contributed by atoms with E-state index in [2.05, 4.69) is 5.32 Å². The minimum atomic E-state index is -0.546. The van der Waals surface area contributed by atoms with Crippen LogP contribution in [0.2, 0.25) is 0 Å². The molecule has 0 aromatic carbocycles. The second kappa shape index (κ2) is 7.63. The highest BCUT2D eigenvalue weighted by atomic mass is 16.6. The molecule has 0 rings (SSSR count). The van der Waals surface area contributed by atoms with Gasteiger partial charge in [-0.3, -0.25) is 5.32 Å². The lowest BCUT2D eigenvalue weighted by atomic mass is 10.1. The minimum Gasteiger partial charge on any atom is -0.444 e. The summed E-state index contributed by atoms with van der Waals surface area (Å²) >= 11 is 0. The Morgan fingerprint density at radius 1 is 1.28 bits per heavy atom. The van der Waals surface area contributed by atoms with Crippen LogP contribution in [0.25, 0.3) is 0 Å². The molecule has 0 aromatic heterocycles. The quantitative estimate of drug-likeness (QED) is 0.715. The average molecular weight is 254 g/mol. The summed E-state index contributed by atoms with van der Waals surface area (Å²) < 4.78 is 5.02. The maximum Gasteiger partial charge on any atom is 0.411 e. The topological polar surface area (TPSA) is 79.3 Å². The lowest BCUT2D eigenvalue weighted by molar-refractivity contribution is -0.117. The number of hydrogen-bond acceptors (Lipinski definition) is 4. The van der Waals surface area contributed by atoms with Crippen molar-refractivity contribution < 1.29 is 14.3 Å². The molecule has 5 nitrogen and oxygen atoms in total. The Morgan fingerprint density at radius 2 is 1.89 bits per heavy atom. The number of ketones is 1. The predicted molar refractivity (Wildman–Crippen MR) is 70.8 cm³/mol. The Balaban J connectivity index is 3.84. The molecule has 0 aliphatic carbocycles. The normalized spacial score (nSPS) is 11.3. The maximum absolute atomic E-state index is 11.2. The highest BCUT2D eigenvalue weighted by Crippen LogP contribution is 2.06. The van der Waals surface area contributed by atoms with E-state index in [1.165, 1.54) is 19.2 Å². The number of nitrogens with one attached hydrogen (secondary N) is 2. The number of ether oxygens (including phenoxy) is 1. The third-order valence-electron chi connectivity index (χ3n) is 1.86. The summed E-state index contributed by atoms with van der Waals surface area (Å²) in [5, 5.41) is 9.99. The summed E-state index contributed by atoms with van der Waals surface area (Å²) in [5.74, 6) is 0.124. The van der Waals surface area contributed by atoms with E-state index < -0.39 is 11.7 Å². The van der Waals surface area contributed by atoms with E-state index in [1.807, 2.05) is 0 Å². The van der Waals surface area contributed by atoms with Crippen LogP contribution in [0, 0.1) is 5.41 Å². The molecule has 0 saturated carbocycles. The first-order valence-electron chi connectivity index (χ1n) is 5.93. The molecule has 0 bridgehead atoms. The van der Waals surface area contributed by atoms with E-state index in [0.717, 1.165) is 0 Å². The molecule has 0 saturated heterocycles. The monoisotopic (exact) mass is 254 g/mol. The summed E-state index contributed by atoms with van der Waals surface area (Å²) in [6.07, 6.45) is 3.98. The first-order chi connectivity index (χ1) is 8.20. The number of amides is 1. The molecule has 102 valence electrons. The number of Topliss-reactive ketones (excluding diaryl/α,β-unsaturated/α-hetero) is 1.